The Morgan fingerprint density at radius 1 is 1.38 bits per heavy atom. The first-order chi connectivity index (χ1) is 7.49. The summed E-state index contributed by atoms with van der Waals surface area (Å²) >= 11 is 3.08. The van der Waals surface area contributed by atoms with E-state index in [0.717, 1.165) is 0 Å². The first-order valence-corrected chi connectivity index (χ1v) is 5.43. The van der Waals surface area contributed by atoms with Gasteiger partial charge >= 0.3 is 0 Å². The molecule has 4 nitrogen and oxygen atoms in total. The van der Waals surface area contributed by atoms with E-state index >= 15 is 0 Å². The summed E-state index contributed by atoms with van der Waals surface area (Å²) in [7, 11) is 0. The van der Waals surface area contributed by atoms with Gasteiger partial charge in [0.2, 0.25) is 0 Å². The highest BCUT2D eigenvalue weighted by Crippen LogP contribution is 2.25. The highest BCUT2D eigenvalue weighted by atomic mass is 79.9. The lowest BCUT2D eigenvalue weighted by molar-refractivity contribution is 0.618. The Morgan fingerprint density at radius 3 is 2.62 bits per heavy atom. The second kappa shape index (κ2) is 3.86. The molecule has 0 amide bonds. The normalized spacial score (nSPS) is 10.8. The van der Waals surface area contributed by atoms with Gasteiger partial charge in [0.15, 0.2) is 0 Å². The fourth-order valence-electron chi connectivity index (χ4n) is 1.48. The molecule has 16 heavy (non-hydrogen) atoms. The van der Waals surface area contributed by atoms with Crippen molar-refractivity contribution in [3.05, 3.63) is 34.1 Å². The Balaban J connectivity index is 2.64. The molecule has 0 saturated heterocycles. The minimum Gasteiger partial charge on any atom is -0.397 e. The van der Waals surface area contributed by atoms with Crippen molar-refractivity contribution in [3.63, 3.8) is 0 Å². The van der Waals surface area contributed by atoms with Gasteiger partial charge in [-0.25, -0.2) is 14.1 Å². The second-order valence-electron chi connectivity index (χ2n) is 3.44. The predicted octanol–water partition coefficient (Wildman–Crippen LogP) is 2.37. The van der Waals surface area contributed by atoms with Crippen molar-refractivity contribution in [2.24, 2.45) is 0 Å². The van der Waals surface area contributed by atoms with Crippen LogP contribution in [0, 0.1) is 19.7 Å². The summed E-state index contributed by atoms with van der Waals surface area (Å²) in [4.78, 5) is 4.14. The van der Waals surface area contributed by atoms with Crippen molar-refractivity contribution in [2.75, 3.05) is 5.73 Å². The van der Waals surface area contributed by atoms with E-state index in [2.05, 4.69) is 26.0 Å². The molecule has 0 aliphatic rings. The molecule has 0 unspecified atom stereocenters. The smallest absolute Gasteiger partial charge is 0.148 e. The van der Waals surface area contributed by atoms with Crippen molar-refractivity contribution < 1.29 is 4.39 Å². The fraction of sp³-hybridized carbons (Fsp3) is 0.200. The molecule has 0 spiro atoms. The van der Waals surface area contributed by atoms with Crippen molar-refractivity contribution in [1.29, 1.82) is 0 Å². The molecule has 0 aliphatic heterocycles. The average Bonchev–Trinajstić information content (AvgIpc) is 2.51. The number of aromatic nitrogens is 3. The van der Waals surface area contributed by atoms with Crippen LogP contribution in [-0.2, 0) is 0 Å². The van der Waals surface area contributed by atoms with Gasteiger partial charge in [-0.3, -0.25) is 0 Å². The number of aryl methyl sites for hydroxylation is 2. The molecule has 0 bridgehead atoms. The van der Waals surface area contributed by atoms with Crippen molar-refractivity contribution >= 4 is 21.6 Å². The number of nitrogens with two attached hydrogens (primary N) is 1. The highest BCUT2D eigenvalue weighted by Gasteiger charge is 2.11. The molecule has 0 atom stereocenters. The first kappa shape index (κ1) is 11.1. The van der Waals surface area contributed by atoms with Crippen molar-refractivity contribution in [3.8, 4) is 5.69 Å². The molecular formula is C10H10BrFN4. The van der Waals surface area contributed by atoms with Gasteiger partial charge in [0.1, 0.15) is 17.5 Å². The van der Waals surface area contributed by atoms with Crippen molar-refractivity contribution in [2.45, 2.75) is 13.8 Å². The van der Waals surface area contributed by atoms with Crippen LogP contribution in [0.25, 0.3) is 5.69 Å². The molecule has 84 valence electrons. The van der Waals surface area contributed by atoms with E-state index in [9.17, 15) is 4.39 Å². The Kier molecular flexibility index (Phi) is 2.67. The third kappa shape index (κ3) is 1.80. The summed E-state index contributed by atoms with van der Waals surface area (Å²) in [6, 6.07) is 2.85. The Hall–Kier alpha value is -1.43. The minimum atomic E-state index is -0.378. The van der Waals surface area contributed by atoms with Crippen molar-refractivity contribution in [1.82, 2.24) is 14.8 Å². The Morgan fingerprint density at radius 2 is 2.06 bits per heavy atom. The highest BCUT2D eigenvalue weighted by molar-refractivity contribution is 9.10. The van der Waals surface area contributed by atoms with Gasteiger partial charge in [-0.05, 0) is 35.8 Å². The zero-order chi connectivity index (χ0) is 11.9. The number of nitrogen functional groups attached to an aromatic ring is 1. The van der Waals surface area contributed by atoms with Gasteiger partial charge in [0.05, 0.1) is 15.8 Å². The van der Waals surface area contributed by atoms with Gasteiger partial charge in [-0.15, -0.1) is 0 Å². The van der Waals surface area contributed by atoms with Crippen LogP contribution < -0.4 is 5.73 Å². The van der Waals surface area contributed by atoms with Crippen LogP contribution in [0.4, 0.5) is 10.1 Å². The molecule has 0 radical (unpaired) electrons. The van der Waals surface area contributed by atoms with Crippen LogP contribution in [0.5, 0.6) is 0 Å². The molecule has 2 aromatic rings. The SMILES string of the molecule is Cc1nc(C)n(-c2cc(F)c(Br)cc2N)n1. The summed E-state index contributed by atoms with van der Waals surface area (Å²) in [5, 5.41) is 4.16. The number of nitrogens with zero attached hydrogens (tertiary/aromatic N) is 3. The first-order valence-electron chi connectivity index (χ1n) is 4.64. The maximum atomic E-state index is 13.4. The second-order valence-corrected chi connectivity index (χ2v) is 4.30. The number of halogens is 2. The summed E-state index contributed by atoms with van der Waals surface area (Å²) in [5.41, 5.74) is 6.76. The summed E-state index contributed by atoms with van der Waals surface area (Å²) in [6.45, 7) is 3.56. The van der Waals surface area contributed by atoms with Crippen LogP contribution in [0.2, 0.25) is 0 Å². The van der Waals surface area contributed by atoms with Crippen LogP contribution in [0.15, 0.2) is 16.6 Å². The van der Waals surface area contributed by atoms with Gasteiger partial charge in [0, 0.05) is 6.07 Å². The lowest BCUT2D eigenvalue weighted by Crippen LogP contribution is -2.04. The monoisotopic (exact) mass is 284 g/mol. The summed E-state index contributed by atoms with van der Waals surface area (Å²) < 4.78 is 15.3. The summed E-state index contributed by atoms with van der Waals surface area (Å²) in [5.74, 6) is 0.919. The van der Waals surface area contributed by atoms with E-state index < -0.39 is 0 Å². The molecule has 0 saturated carbocycles. The molecule has 1 aromatic carbocycles. The predicted molar refractivity (Wildman–Crippen MR) is 62.9 cm³/mol. The van der Waals surface area contributed by atoms with Crippen LogP contribution in [-0.4, -0.2) is 14.8 Å². The number of rotatable bonds is 1. The molecule has 6 heteroatoms. The lowest BCUT2D eigenvalue weighted by atomic mass is 10.2. The Bertz CT molecular complexity index is 550. The third-order valence-corrected chi connectivity index (χ3v) is 2.78. The molecule has 0 fully saturated rings. The molecule has 1 heterocycles. The lowest BCUT2D eigenvalue weighted by Gasteiger charge is -2.07. The maximum Gasteiger partial charge on any atom is 0.148 e. The number of hydrogen-bond acceptors (Lipinski definition) is 3. The quantitative estimate of drug-likeness (QED) is 0.818. The zero-order valence-corrected chi connectivity index (χ0v) is 10.4. The van der Waals surface area contributed by atoms with Gasteiger partial charge in [0.25, 0.3) is 0 Å². The molecular weight excluding hydrogens is 275 g/mol. The fourth-order valence-corrected chi connectivity index (χ4v) is 1.85. The van der Waals surface area contributed by atoms with E-state index in [0.29, 0.717) is 27.5 Å². The van der Waals surface area contributed by atoms with E-state index in [4.69, 9.17) is 5.73 Å². The van der Waals surface area contributed by atoms with E-state index in [1.165, 1.54) is 16.8 Å². The van der Waals surface area contributed by atoms with Crippen LogP contribution >= 0.6 is 15.9 Å². The molecule has 2 rings (SSSR count). The van der Waals surface area contributed by atoms with Gasteiger partial charge in [-0.1, -0.05) is 0 Å². The summed E-state index contributed by atoms with van der Waals surface area (Å²) in [6.07, 6.45) is 0. The third-order valence-electron chi connectivity index (χ3n) is 2.17. The Labute approximate surface area is 100 Å². The van der Waals surface area contributed by atoms with E-state index in [1.54, 1.807) is 13.8 Å². The van der Waals surface area contributed by atoms with Gasteiger partial charge < -0.3 is 5.73 Å². The number of benzene rings is 1. The van der Waals surface area contributed by atoms with Crippen LogP contribution in [0.3, 0.4) is 0 Å². The van der Waals surface area contributed by atoms with E-state index in [-0.39, 0.29) is 5.82 Å². The maximum absolute atomic E-state index is 13.4. The molecule has 0 aliphatic carbocycles. The minimum absolute atomic E-state index is 0.336. The number of anilines is 1. The zero-order valence-electron chi connectivity index (χ0n) is 8.83. The topological polar surface area (TPSA) is 56.7 Å². The average molecular weight is 285 g/mol. The largest absolute Gasteiger partial charge is 0.397 e. The molecule has 2 N–H and O–H groups in total. The molecule has 1 aromatic heterocycles. The standard InChI is InChI=1S/C10H10BrFN4/c1-5-14-6(2)16(15-5)10-4-8(12)7(11)3-9(10)13/h3-4H,13H2,1-2H3. The van der Waals surface area contributed by atoms with Crippen LogP contribution in [0.1, 0.15) is 11.6 Å². The van der Waals surface area contributed by atoms with E-state index in [1.807, 2.05) is 0 Å². The number of hydrogen-bond donors (Lipinski definition) is 1. The van der Waals surface area contributed by atoms with Gasteiger partial charge in [-0.2, -0.15) is 5.10 Å².